The van der Waals surface area contributed by atoms with Gasteiger partial charge < -0.3 is 10.2 Å². The molecule has 0 bridgehead atoms. The number of nitrogens with zero attached hydrogens (tertiary/aromatic N) is 1. The summed E-state index contributed by atoms with van der Waals surface area (Å²) in [7, 11) is 0. The predicted molar refractivity (Wildman–Crippen MR) is 112 cm³/mol. The lowest BCUT2D eigenvalue weighted by atomic mass is 10.0. The minimum absolute atomic E-state index is 0.0166. The van der Waals surface area contributed by atoms with Crippen LogP contribution in [0.15, 0.2) is 46.0 Å². The second-order valence-corrected chi connectivity index (χ2v) is 8.94. The Balaban J connectivity index is 1.56. The molecular formula is C21H26N2O2S2. The zero-order valence-corrected chi connectivity index (χ0v) is 17.4. The second kappa shape index (κ2) is 9.42. The van der Waals surface area contributed by atoms with Crippen LogP contribution in [0.4, 0.5) is 0 Å². The Hall–Kier alpha value is -1.79. The third-order valence-corrected chi connectivity index (χ3v) is 6.62. The summed E-state index contributed by atoms with van der Waals surface area (Å²) in [6.45, 7) is 5.30. The van der Waals surface area contributed by atoms with Crippen LogP contribution < -0.4 is 5.32 Å². The molecule has 0 saturated carbocycles. The van der Waals surface area contributed by atoms with Gasteiger partial charge in [0.2, 0.25) is 5.91 Å². The molecule has 3 rings (SSSR count). The maximum atomic E-state index is 12.8. The van der Waals surface area contributed by atoms with Crippen LogP contribution >= 0.6 is 23.1 Å². The number of piperidine rings is 1. The van der Waals surface area contributed by atoms with Gasteiger partial charge in [-0.2, -0.15) is 11.3 Å². The van der Waals surface area contributed by atoms with Gasteiger partial charge in [-0.15, -0.1) is 11.8 Å². The highest BCUT2D eigenvalue weighted by Crippen LogP contribution is 2.27. The molecule has 1 saturated heterocycles. The molecule has 1 fully saturated rings. The lowest BCUT2D eigenvalue weighted by Gasteiger charge is -2.33. The molecule has 0 radical (unpaired) electrons. The number of carbonyl (C=O) groups is 2. The van der Waals surface area contributed by atoms with E-state index in [-0.39, 0.29) is 23.8 Å². The van der Waals surface area contributed by atoms with Gasteiger partial charge in [-0.25, -0.2) is 0 Å². The first kappa shape index (κ1) is 20.0. The van der Waals surface area contributed by atoms with Crippen LogP contribution in [0.3, 0.4) is 0 Å². The van der Waals surface area contributed by atoms with Gasteiger partial charge in [0.1, 0.15) is 0 Å². The number of carbonyl (C=O) groups excluding carboxylic acids is 2. The summed E-state index contributed by atoms with van der Waals surface area (Å²) < 4.78 is 0. The Morgan fingerprint density at radius 1 is 1.22 bits per heavy atom. The van der Waals surface area contributed by atoms with Crippen molar-refractivity contribution in [2.24, 2.45) is 5.92 Å². The van der Waals surface area contributed by atoms with Crippen molar-refractivity contribution < 1.29 is 9.59 Å². The molecular weight excluding hydrogens is 376 g/mol. The molecule has 27 heavy (non-hydrogen) atoms. The first-order chi connectivity index (χ1) is 13.0. The molecule has 1 aliphatic rings. The summed E-state index contributed by atoms with van der Waals surface area (Å²) in [5.74, 6) is 1.08. The summed E-state index contributed by atoms with van der Waals surface area (Å²) in [6.07, 6.45) is 1.63. The summed E-state index contributed by atoms with van der Waals surface area (Å²) in [5, 5.41) is 7.38. The van der Waals surface area contributed by atoms with Gasteiger partial charge in [-0.1, -0.05) is 26.0 Å². The average Bonchev–Trinajstić information content (AvgIpc) is 3.20. The Morgan fingerprint density at radius 2 is 1.96 bits per heavy atom. The smallest absolute Gasteiger partial charge is 0.252 e. The highest BCUT2D eigenvalue weighted by Gasteiger charge is 2.25. The van der Waals surface area contributed by atoms with Gasteiger partial charge in [-0.3, -0.25) is 9.59 Å². The van der Waals surface area contributed by atoms with Gasteiger partial charge in [0, 0.05) is 35.7 Å². The van der Waals surface area contributed by atoms with Crippen molar-refractivity contribution in [2.75, 3.05) is 13.1 Å². The van der Waals surface area contributed by atoms with Gasteiger partial charge in [0.25, 0.3) is 5.91 Å². The lowest BCUT2D eigenvalue weighted by Crippen LogP contribution is -2.47. The molecule has 2 amide bonds. The lowest BCUT2D eigenvalue weighted by molar-refractivity contribution is -0.135. The van der Waals surface area contributed by atoms with Crippen LogP contribution in [-0.4, -0.2) is 35.8 Å². The van der Waals surface area contributed by atoms with Crippen molar-refractivity contribution in [2.45, 2.75) is 43.4 Å². The Labute approximate surface area is 169 Å². The Morgan fingerprint density at radius 3 is 2.63 bits per heavy atom. The van der Waals surface area contributed by atoms with E-state index in [0.29, 0.717) is 0 Å². The van der Waals surface area contributed by atoms with E-state index in [2.05, 4.69) is 22.1 Å². The van der Waals surface area contributed by atoms with Gasteiger partial charge in [0.15, 0.2) is 0 Å². The molecule has 2 aromatic rings. The second-order valence-electron chi connectivity index (χ2n) is 7.14. The minimum Gasteiger partial charge on any atom is -0.349 e. The molecule has 144 valence electrons. The number of thioether (sulfide) groups is 1. The number of hydrogen-bond donors (Lipinski definition) is 1. The Kier molecular flexibility index (Phi) is 6.96. The molecule has 0 spiro atoms. The van der Waals surface area contributed by atoms with E-state index in [9.17, 15) is 9.59 Å². The number of amides is 2. The Bertz CT molecular complexity index is 766. The number of thiophene rings is 1. The standard InChI is InChI=1S/C21H26N2O2S2/c1-15(2)21(25)23-10-7-17(8-11-23)22-20(24)18-5-3-4-6-19(18)27-14-16-9-12-26-13-16/h3-6,9,12-13,15,17H,7-8,10-11,14H2,1-2H3,(H,22,24). The van der Waals surface area contributed by atoms with E-state index >= 15 is 0 Å². The van der Waals surface area contributed by atoms with Crippen LogP contribution in [0.2, 0.25) is 0 Å². The summed E-state index contributed by atoms with van der Waals surface area (Å²) in [5.41, 5.74) is 2.01. The summed E-state index contributed by atoms with van der Waals surface area (Å²) in [6, 6.07) is 10.0. The highest BCUT2D eigenvalue weighted by molar-refractivity contribution is 7.98. The van der Waals surface area contributed by atoms with Crippen LogP contribution in [-0.2, 0) is 10.5 Å². The molecule has 1 N–H and O–H groups in total. The van der Waals surface area contributed by atoms with Crippen molar-refractivity contribution in [1.29, 1.82) is 0 Å². The monoisotopic (exact) mass is 402 g/mol. The third kappa shape index (κ3) is 5.36. The van der Waals surface area contributed by atoms with E-state index in [1.54, 1.807) is 23.1 Å². The van der Waals surface area contributed by atoms with E-state index in [1.165, 1.54) is 5.56 Å². The molecule has 6 heteroatoms. The first-order valence-electron chi connectivity index (χ1n) is 9.37. The number of hydrogen-bond acceptors (Lipinski definition) is 4. The SMILES string of the molecule is CC(C)C(=O)N1CCC(NC(=O)c2ccccc2SCc2ccsc2)CC1. The van der Waals surface area contributed by atoms with E-state index in [4.69, 9.17) is 0 Å². The molecule has 4 nitrogen and oxygen atoms in total. The van der Waals surface area contributed by atoms with Crippen molar-refractivity contribution in [3.05, 3.63) is 52.2 Å². The molecule has 2 heterocycles. The summed E-state index contributed by atoms with van der Waals surface area (Å²) >= 11 is 3.39. The first-order valence-corrected chi connectivity index (χ1v) is 11.3. The van der Waals surface area contributed by atoms with Crippen molar-refractivity contribution in [3.8, 4) is 0 Å². The molecule has 0 unspecified atom stereocenters. The number of benzene rings is 1. The largest absolute Gasteiger partial charge is 0.349 e. The molecule has 0 atom stereocenters. The van der Waals surface area contributed by atoms with Crippen molar-refractivity contribution in [1.82, 2.24) is 10.2 Å². The zero-order chi connectivity index (χ0) is 19.2. The maximum Gasteiger partial charge on any atom is 0.252 e. The number of rotatable bonds is 6. The van der Waals surface area contributed by atoms with Gasteiger partial charge >= 0.3 is 0 Å². The molecule has 1 aliphatic heterocycles. The summed E-state index contributed by atoms with van der Waals surface area (Å²) in [4.78, 5) is 27.8. The fourth-order valence-corrected chi connectivity index (χ4v) is 4.96. The van der Waals surface area contributed by atoms with E-state index in [0.717, 1.165) is 42.1 Å². The van der Waals surface area contributed by atoms with Crippen molar-refractivity contribution >= 4 is 34.9 Å². The quantitative estimate of drug-likeness (QED) is 0.728. The van der Waals surface area contributed by atoms with Gasteiger partial charge in [-0.05, 0) is 47.4 Å². The van der Waals surface area contributed by atoms with Crippen LogP contribution in [0.1, 0.15) is 42.6 Å². The minimum atomic E-state index is -0.0166. The highest BCUT2D eigenvalue weighted by atomic mass is 32.2. The number of nitrogens with one attached hydrogen (secondary N) is 1. The predicted octanol–water partition coefficient (Wildman–Crippen LogP) is 4.42. The zero-order valence-electron chi connectivity index (χ0n) is 15.8. The van der Waals surface area contributed by atoms with Gasteiger partial charge in [0.05, 0.1) is 5.56 Å². The van der Waals surface area contributed by atoms with Crippen LogP contribution in [0.25, 0.3) is 0 Å². The average molecular weight is 403 g/mol. The number of likely N-dealkylation sites (tertiary alicyclic amines) is 1. The molecule has 0 aliphatic carbocycles. The van der Waals surface area contributed by atoms with E-state index < -0.39 is 0 Å². The normalized spacial score (nSPS) is 15.1. The fourth-order valence-electron chi connectivity index (χ4n) is 3.19. The van der Waals surface area contributed by atoms with Crippen LogP contribution in [0.5, 0.6) is 0 Å². The maximum absolute atomic E-state index is 12.8. The van der Waals surface area contributed by atoms with Crippen LogP contribution in [0, 0.1) is 5.92 Å². The fraction of sp³-hybridized carbons (Fsp3) is 0.429. The van der Waals surface area contributed by atoms with E-state index in [1.807, 2.05) is 43.0 Å². The molecule has 1 aromatic heterocycles. The molecule has 1 aromatic carbocycles. The van der Waals surface area contributed by atoms with Crippen molar-refractivity contribution in [3.63, 3.8) is 0 Å². The third-order valence-electron chi connectivity index (χ3n) is 4.74. The topological polar surface area (TPSA) is 49.4 Å².